The van der Waals surface area contributed by atoms with Crippen molar-refractivity contribution in [2.75, 3.05) is 9.80 Å². The molecule has 234 valence electrons. The Kier molecular flexibility index (Phi) is 9.49. The van der Waals surface area contributed by atoms with Gasteiger partial charge >= 0.3 is 5.97 Å². The van der Waals surface area contributed by atoms with Gasteiger partial charge in [0.2, 0.25) is 0 Å². The quantitative estimate of drug-likeness (QED) is 0.115. The molecular weight excluding hydrogens is 576 g/mol. The maximum atomic E-state index is 11.9. The van der Waals surface area contributed by atoms with Gasteiger partial charge in [0.25, 0.3) is 0 Å². The first kappa shape index (κ1) is 31.4. The number of para-hydroxylation sites is 1. The zero-order valence-corrected chi connectivity index (χ0v) is 27.3. The monoisotopic (exact) mass is 616 g/mol. The molecule has 0 aliphatic heterocycles. The highest BCUT2D eigenvalue weighted by Gasteiger charge is 2.19. The van der Waals surface area contributed by atoms with Gasteiger partial charge in [0.05, 0.1) is 0 Å². The SMILES string of the molecule is C=C(C)C(=O)OCc1ccc(N(C2=CC=C(c3ccc(N(c4ccccc4)c4ccc(C)cc4)cc3)CC2)c2ccc(C)cc2)cc1. The fourth-order valence-electron chi connectivity index (χ4n) is 5.78. The van der Waals surface area contributed by atoms with Crippen LogP contribution in [0.4, 0.5) is 28.4 Å². The number of rotatable bonds is 10. The maximum absolute atomic E-state index is 11.9. The summed E-state index contributed by atoms with van der Waals surface area (Å²) in [6.07, 6.45) is 6.34. The summed E-state index contributed by atoms with van der Waals surface area (Å²) in [7, 11) is 0. The number of allylic oxidation sites excluding steroid dienone is 4. The molecule has 6 rings (SSSR count). The van der Waals surface area contributed by atoms with Crippen LogP contribution in [-0.4, -0.2) is 5.97 Å². The first-order chi connectivity index (χ1) is 22.9. The minimum Gasteiger partial charge on any atom is -0.457 e. The van der Waals surface area contributed by atoms with E-state index in [4.69, 9.17) is 4.74 Å². The molecule has 5 aromatic rings. The van der Waals surface area contributed by atoms with Crippen LogP contribution in [0.25, 0.3) is 5.57 Å². The molecule has 4 nitrogen and oxygen atoms in total. The number of hydrogen-bond acceptors (Lipinski definition) is 4. The Morgan fingerprint density at radius 2 is 1.11 bits per heavy atom. The molecule has 0 atom stereocenters. The Labute approximate surface area is 278 Å². The third-order valence-corrected chi connectivity index (χ3v) is 8.42. The smallest absolute Gasteiger partial charge is 0.333 e. The predicted molar refractivity (Wildman–Crippen MR) is 196 cm³/mol. The number of carbonyl (C=O) groups excluding carboxylic acids is 1. The maximum Gasteiger partial charge on any atom is 0.333 e. The highest BCUT2D eigenvalue weighted by Crippen LogP contribution is 2.38. The molecule has 0 amide bonds. The first-order valence-corrected chi connectivity index (χ1v) is 16.1. The van der Waals surface area contributed by atoms with Crippen molar-refractivity contribution in [3.8, 4) is 0 Å². The van der Waals surface area contributed by atoms with E-state index in [1.54, 1.807) is 6.92 Å². The fraction of sp³-hybridized carbons (Fsp3) is 0.140. The molecule has 0 saturated heterocycles. The van der Waals surface area contributed by atoms with Crippen molar-refractivity contribution in [1.82, 2.24) is 0 Å². The average molecular weight is 617 g/mol. The van der Waals surface area contributed by atoms with Gasteiger partial charge in [-0.15, -0.1) is 0 Å². The fourth-order valence-corrected chi connectivity index (χ4v) is 5.78. The molecule has 1 aliphatic carbocycles. The lowest BCUT2D eigenvalue weighted by atomic mass is 9.94. The minimum absolute atomic E-state index is 0.220. The third-order valence-electron chi connectivity index (χ3n) is 8.42. The zero-order valence-electron chi connectivity index (χ0n) is 27.3. The highest BCUT2D eigenvalue weighted by molar-refractivity contribution is 5.87. The second-order valence-electron chi connectivity index (χ2n) is 12.1. The van der Waals surface area contributed by atoms with Crippen LogP contribution in [0.2, 0.25) is 0 Å². The Morgan fingerprint density at radius 1 is 0.617 bits per heavy atom. The Morgan fingerprint density at radius 3 is 1.62 bits per heavy atom. The molecule has 0 fully saturated rings. The minimum atomic E-state index is -0.375. The van der Waals surface area contributed by atoms with E-state index in [9.17, 15) is 4.79 Å². The van der Waals surface area contributed by atoms with Crippen LogP contribution in [0.5, 0.6) is 0 Å². The van der Waals surface area contributed by atoms with Crippen LogP contribution in [0, 0.1) is 13.8 Å². The first-order valence-electron chi connectivity index (χ1n) is 16.1. The number of ether oxygens (including phenoxy) is 1. The second-order valence-corrected chi connectivity index (χ2v) is 12.1. The number of benzene rings is 5. The van der Waals surface area contributed by atoms with Gasteiger partial charge in [-0.3, -0.25) is 0 Å². The summed E-state index contributed by atoms with van der Waals surface area (Å²) in [6, 6.07) is 45.0. The van der Waals surface area contributed by atoms with Crippen LogP contribution in [0.15, 0.2) is 157 Å². The van der Waals surface area contributed by atoms with Crippen LogP contribution in [0.1, 0.15) is 42.0 Å². The topological polar surface area (TPSA) is 32.8 Å². The van der Waals surface area contributed by atoms with Crippen molar-refractivity contribution >= 4 is 40.0 Å². The van der Waals surface area contributed by atoms with E-state index in [-0.39, 0.29) is 12.6 Å². The van der Waals surface area contributed by atoms with Gasteiger partial charge in [0, 0.05) is 39.7 Å². The third kappa shape index (κ3) is 7.45. The number of nitrogens with zero attached hydrogens (tertiary/aromatic N) is 2. The van der Waals surface area contributed by atoms with Gasteiger partial charge in [-0.25, -0.2) is 4.79 Å². The molecule has 1 aliphatic rings. The Bertz CT molecular complexity index is 1900. The predicted octanol–water partition coefficient (Wildman–Crippen LogP) is 11.3. The molecule has 0 bridgehead atoms. The van der Waals surface area contributed by atoms with Gasteiger partial charge in [-0.2, -0.15) is 0 Å². The van der Waals surface area contributed by atoms with E-state index in [2.05, 4.69) is 158 Å². The van der Waals surface area contributed by atoms with E-state index in [1.165, 1.54) is 28.0 Å². The van der Waals surface area contributed by atoms with Gasteiger partial charge in [-0.05, 0) is 117 Å². The lowest BCUT2D eigenvalue weighted by molar-refractivity contribution is -0.140. The molecular formula is C43H40N2O2. The molecule has 0 spiro atoms. The summed E-state index contributed by atoms with van der Waals surface area (Å²) in [4.78, 5) is 16.5. The summed E-state index contributed by atoms with van der Waals surface area (Å²) in [5.41, 5.74) is 13.1. The molecule has 0 heterocycles. The number of esters is 1. The molecule has 0 unspecified atom stereocenters. The number of aryl methyl sites for hydroxylation is 2. The number of carbonyl (C=O) groups is 1. The van der Waals surface area contributed by atoms with E-state index < -0.39 is 0 Å². The normalized spacial score (nSPS) is 12.5. The summed E-state index contributed by atoms with van der Waals surface area (Å²) in [5.74, 6) is -0.375. The number of hydrogen-bond donors (Lipinski definition) is 0. The number of anilines is 5. The van der Waals surface area contributed by atoms with Crippen LogP contribution < -0.4 is 9.80 Å². The van der Waals surface area contributed by atoms with Crippen LogP contribution >= 0.6 is 0 Å². The summed E-state index contributed by atoms with van der Waals surface area (Å²) >= 11 is 0. The summed E-state index contributed by atoms with van der Waals surface area (Å²) in [6.45, 7) is 9.76. The van der Waals surface area contributed by atoms with E-state index in [0.717, 1.165) is 46.8 Å². The lowest BCUT2D eigenvalue weighted by Gasteiger charge is -2.30. The lowest BCUT2D eigenvalue weighted by Crippen LogP contribution is -2.18. The van der Waals surface area contributed by atoms with Gasteiger partial charge in [0.15, 0.2) is 0 Å². The second kappa shape index (κ2) is 14.2. The zero-order chi connectivity index (χ0) is 32.8. The van der Waals surface area contributed by atoms with Crippen molar-refractivity contribution in [2.45, 2.75) is 40.2 Å². The Hall–Kier alpha value is -5.61. The van der Waals surface area contributed by atoms with E-state index in [0.29, 0.717) is 5.57 Å². The molecule has 0 N–H and O–H groups in total. The van der Waals surface area contributed by atoms with Crippen molar-refractivity contribution in [3.05, 3.63) is 180 Å². The molecule has 0 radical (unpaired) electrons. The average Bonchev–Trinajstić information content (AvgIpc) is 3.11. The molecule has 0 saturated carbocycles. The van der Waals surface area contributed by atoms with Crippen molar-refractivity contribution in [2.24, 2.45) is 0 Å². The molecule has 4 heteroatoms. The van der Waals surface area contributed by atoms with E-state index in [1.807, 2.05) is 12.1 Å². The molecule has 47 heavy (non-hydrogen) atoms. The summed E-state index contributed by atoms with van der Waals surface area (Å²) in [5, 5.41) is 0. The van der Waals surface area contributed by atoms with Gasteiger partial charge in [0.1, 0.15) is 6.61 Å². The largest absolute Gasteiger partial charge is 0.457 e. The standard InChI is InChI=1S/C43H40N2O2/c1-31(2)43(46)47-30-34-14-24-40(25-15-34)45(39-22-12-33(4)13-23-39)42-28-18-36(19-29-42)35-16-26-41(27-17-35)44(37-8-6-5-7-9-37)38-20-10-32(3)11-21-38/h5-18,20-28H,1,19,29-30H2,2-4H3. The van der Waals surface area contributed by atoms with Crippen molar-refractivity contribution < 1.29 is 9.53 Å². The van der Waals surface area contributed by atoms with Crippen molar-refractivity contribution in [1.29, 1.82) is 0 Å². The Balaban J connectivity index is 1.26. The highest BCUT2D eigenvalue weighted by atomic mass is 16.5. The van der Waals surface area contributed by atoms with Crippen molar-refractivity contribution in [3.63, 3.8) is 0 Å². The van der Waals surface area contributed by atoms with Gasteiger partial charge in [-0.1, -0.05) is 90.5 Å². The van der Waals surface area contributed by atoms with Crippen LogP contribution in [-0.2, 0) is 16.1 Å². The molecule has 5 aromatic carbocycles. The molecule has 0 aromatic heterocycles. The van der Waals surface area contributed by atoms with Crippen LogP contribution in [0.3, 0.4) is 0 Å². The van der Waals surface area contributed by atoms with E-state index >= 15 is 0 Å². The van der Waals surface area contributed by atoms with Gasteiger partial charge < -0.3 is 14.5 Å². The summed E-state index contributed by atoms with van der Waals surface area (Å²) < 4.78 is 5.35.